The van der Waals surface area contributed by atoms with Crippen molar-refractivity contribution in [3.8, 4) is 0 Å². The average Bonchev–Trinajstić information content (AvgIpc) is 2.49. The highest BCUT2D eigenvalue weighted by molar-refractivity contribution is 5.82. The minimum atomic E-state index is 0.248. The molecule has 0 amide bonds. The van der Waals surface area contributed by atoms with Crippen molar-refractivity contribution >= 4 is 11.5 Å². The normalized spacial score (nSPS) is 26.0. The third-order valence-electron chi connectivity index (χ3n) is 5.39. The van der Waals surface area contributed by atoms with Crippen LogP contribution in [0.5, 0.6) is 0 Å². The standard InChI is InChI=1S/C19H27NO/c1-14(2)16-9-10-19(21)17(12-16)13-20-11-5-7-15-6-3-4-8-18(15)20/h3-4,6,8,14,16-17H,5,7,9-13H2,1-2H3. The van der Waals surface area contributed by atoms with Crippen LogP contribution in [0.25, 0.3) is 0 Å². The lowest BCUT2D eigenvalue weighted by molar-refractivity contribution is -0.125. The van der Waals surface area contributed by atoms with Gasteiger partial charge in [0, 0.05) is 31.1 Å². The summed E-state index contributed by atoms with van der Waals surface area (Å²) in [5.41, 5.74) is 2.82. The van der Waals surface area contributed by atoms with Crippen LogP contribution in [0, 0.1) is 17.8 Å². The molecule has 21 heavy (non-hydrogen) atoms. The van der Waals surface area contributed by atoms with E-state index in [0.29, 0.717) is 11.7 Å². The van der Waals surface area contributed by atoms with E-state index in [2.05, 4.69) is 43.0 Å². The van der Waals surface area contributed by atoms with E-state index in [1.165, 1.54) is 24.1 Å². The molecule has 1 aromatic rings. The molecule has 0 spiro atoms. The van der Waals surface area contributed by atoms with Gasteiger partial charge in [-0.1, -0.05) is 32.0 Å². The lowest BCUT2D eigenvalue weighted by atomic mass is 9.75. The Hall–Kier alpha value is -1.31. The lowest BCUT2D eigenvalue weighted by Gasteiger charge is -2.37. The molecule has 1 aromatic carbocycles. The Morgan fingerprint density at radius 3 is 2.86 bits per heavy atom. The number of carbonyl (C=O) groups excluding carboxylic acids is 1. The Balaban J connectivity index is 1.73. The molecule has 0 radical (unpaired) electrons. The molecule has 1 heterocycles. The van der Waals surface area contributed by atoms with Gasteiger partial charge < -0.3 is 4.90 Å². The monoisotopic (exact) mass is 285 g/mol. The van der Waals surface area contributed by atoms with Crippen molar-refractivity contribution in [1.82, 2.24) is 0 Å². The predicted octanol–water partition coefficient (Wildman–Crippen LogP) is 4.08. The summed E-state index contributed by atoms with van der Waals surface area (Å²) in [6, 6.07) is 8.71. The number of rotatable bonds is 3. The van der Waals surface area contributed by atoms with Crippen molar-refractivity contribution in [2.24, 2.45) is 17.8 Å². The van der Waals surface area contributed by atoms with Crippen molar-refractivity contribution in [3.63, 3.8) is 0 Å². The SMILES string of the molecule is CC(C)C1CCC(=O)C(CN2CCCc3ccccc32)C1. The second kappa shape index (κ2) is 6.21. The zero-order valence-corrected chi connectivity index (χ0v) is 13.3. The molecule has 1 saturated carbocycles. The summed E-state index contributed by atoms with van der Waals surface area (Å²) in [6.07, 6.45) is 5.38. The van der Waals surface area contributed by atoms with E-state index < -0.39 is 0 Å². The number of hydrogen-bond donors (Lipinski definition) is 0. The van der Waals surface area contributed by atoms with Crippen molar-refractivity contribution in [3.05, 3.63) is 29.8 Å². The van der Waals surface area contributed by atoms with Crippen LogP contribution < -0.4 is 4.90 Å². The summed E-state index contributed by atoms with van der Waals surface area (Å²) in [5, 5.41) is 0. The van der Waals surface area contributed by atoms with E-state index in [4.69, 9.17) is 0 Å². The van der Waals surface area contributed by atoms with Gasteiger partial charge in [-0.15, -0.1) is 0 Å². The highest BCUT2D eigenvalue weighted by Gasteiger charge is 2.32. The first-order chi connectivity index (χ1) is 10.1. The molecule has 1 fully saturated rings. The number of fused-ring (bicyclic) bond motifs is 1. The van der Waals surface area contributed by atoms with Gasteiger partial charge in [0.2, 0.25) is 0 Å². The zero-order chi connectivity index (χ0) is 14.8. The van der Waals surface area contributed by atoms with Crippen LogP contribution in [0.4, 0.5) is 5.69 Å². The van der Waals surface area contributed by atoms with Crippen LogP contribution in [-0.2, 0) is 11.2 Å². The third-order valence-corrected chi connectivity index (χ3v) is 5.39. The maximum atomic E-state index is 12.3. The van der Waals surface area contributed by atoms with E-state index in [1.54, 1.807) is 0 Å². The first-order valence-corrected chi connectivity index (χ1v) is 8.50. The first kappa shape index (κ1) is 14.6. The third kappa shape index (κ3) is 3.14. The van der Waals surface area contributed by atoms with Crippen LogP contribution in [0.3, 0.4) is 0 Å². The van der Waals surface area contributed by atoms with Crippen LogP contribution in [0.1, 0.15) is 45.1 Å². The summed E-state index contributed by atoms with van der Waals surface area (Å²) in [7, 11) is 0. The molecule has 2 unspecified atom stereocenters. The van der Waals surface area contributed by atoms with Gasteiger partial charge in [0.15, 0.2) is 0 Å². The molecular formula is C19H27NO. The van der Waals surface area contributed by atoms with E-state index in [1.807, 2.05) is 0 Å². The van der Waals surface area contributed by atoms with Gasteiger partial charge in [-0.2, -0.15) is 0 Å². The summed E-state index contributed by atoms with van der Waals surface area (Å²) in [4.78, 5) is 14.8. The van der Waals surface area contributed by atoms with E-state index in [0.717, 1.165) is 38.3 Å². The smallest absolute Gasteiger partial charge is 0.137 e. The van der Waals surface area contributed by atoms with Crippen molar-refractivity contribution in [2.75, 3.05) is 18.0 Å². The maximum Gasteiger partial charge on any atom is 0.137 e. The fraction of sp³-hybridized carbons (Fsp3) is 0.632. The van der Waals surface area contributed by atoms with Crippen LogP contribution >= 0.6 is 0 Å². The number of nitrogens with zero attached hydrogens (tertiary/aromatic N) is 1. The molecule has 1 aliphatic carbocycles. The van der Waals surface area contributed by atoms with Crippen LogP contribution in [0.2, 0.25) is 0 Å². The molecule has 114 valence electrons. The van der Waals surface area contributed by atoms with Crippen molar-refractivity contribution < 1.29 is 4.79 Å². The Labute approximate surface area is 128 Å². The summed E-state index contributed by atoms with van der Waals surface area (Å²) >= 11 is 0. The molecule has 2 nitrogen and oxygen atoms in total. The molecule has 2 heteroatoms. The molecule has 0 aromatic heterocycles. The van der Waals surface area contributed by atoms with Crippen LogP contribution in [0.15, 0.2) is 24.3 Å². The van der Waals surface area contributed by atoms with Gasteiger partial charge in [-0.25, -0.2) is 0 Å². The average molecular weight is 285 g/mol. The number of anilines is 1. The largest absolute Gasteiger partial charge is 0.371 e. The topological polar surface area (TPSA) is 20.3 Å². The highest BCUT2D eigenvalue weighted by atomic mass is 16.1. The Kier molecular flexibility index (Phi) is 4.32. The molecular weight excluding hydrogens is 258 g/mol. The molecule has 0 bridgehead atoms. The molecule has 3 rings (SSSR count). The molecule has 2 aliphatic rings. The Morgan fingerprint density at radius 1 is 1.24 bits per heavy atom. The number of ketones is 1. The summed E-state index contributed by atoms with van der Waals surface area (Å²) in [5.74, 6) is 2.18. The van der Waals surface area contributed by atoms with Gasteiger partial charge in [0.05, 0.1) is 0 Å². The van der Waals surface area contributed by atoms with Crippen molar-refractivity contribution in [2.45, 2.75) is 46.0 Å². The van der Waals surface area contributed by atoms with Gasteiger partial charge in [-0.3, -0.25) is 4.79 Å². The molecule has 0 N–H and O–H groups in total. The minimum absolute atomic E-state index is 0.248. The van der Waals surface area contributed by atoms with Gasteiger partial charge in [-0.05, 0) is 49.1 Å². The number of hydrogen-bond acceptors (Lipinski definition) is 2. The fourth-order valence-electron chi connectivity index (χ4n) is 4.00. The molecule has 1 aliphatic heterocycles. The van der Waals surface area contributed by atoms with E-state index >= 15 is 0 Å². The highest BCUT2D eigenvalue weighted by Crippen LogP contribution is 2.34. The second-order valence-electron chi connectivity index (χ2n) is 7.12. The van der Waals surface area contributed by atoms with Crippen LogP contribution in [-0.4, -0.2) is 18.9 Å². The van der Waals surface area contributed by atoms with Gasteiger partial charge >= 0.3 is 0 Å². The summed E-state index contributed by atoms with van der Waals surface area (Å²) in [6.45, 7) is 6.63. The predicted molar refractivity (Wildman–Crippen MR) is 87.7 cm³/mol. The van der Waals surface area contributed by atoms with Gasteiger partial charge in [0.25, 0.3) is 0 Å². The van der Waals surface area contributed by atoms with E-state index in [-0.39, 0.29) is 5.92 Å². The zero-order valence-electron chi connectivity index (χ0n) is 13.3. The first-order valence-electron chi connectivity index (χ1n) is 8.50. The Morgan fingerprint density at radius 2 is 2.05 bits per heavy atom. The number of carbonyl (C=O) groups is 1. The number of aryl methyl sites for hydroxylation is 1. The summed E-state index contributed by atoms with van der Waals surface area (Å²) < 4.78 is 0. The minimum Gasteiger partial charge on any atom is -0.371 e. The Bertz CT molecular complexity index is 508. The van der Waals surface area contributed by atoms with Crippen molar-refractivity contribution in [1.29, 1.82) is 0 Å². The lowest BCUT2D eigenvalue weighted by Crippen LogP contribution is -2.39. The second-order valence-corrected chi connectivity index (χ2v) is 7.12. The number of benzene rings is 1. The quantitative estimate of drug-likeness (QED) is 0.834. The molecule has 2 atom stereocenters. The fourth-order valence-corrected chi connectivity index (χ4v) is 4.00. The van der Waals surface area contributed by atoms with Gasteiger partial charge in [0.1, 0.15) is 5.78 Å². The maximum absolute atomic E-state index is 12.3. The number of para-hydroxylation sites is 1. The number of Topliss-reactive ketones (excluding diaryl/α,β-unsaturated/α-hetero) is 1. The molecule has 0 saturated heterocycles. The van der Waals surface area contributed by atoms with E-state index in [9.17, 15) is 4.79 Å².